The Bertz CT molecular complexity index is 581. The maximum atomic E-state index is 12.2. The third kappa shape index (κ3) is 2.86. The van der Waals surface area contributed by atoms with Gasteiger partial charge in [0.1, 0.15) is 18.5 Å². The Morgan fingerprint density at radius 3 is 2.63 bits per heavy atom. The molecule has 1 heterocycles. The van der Waals surface area contributed by atoms with Crippen molar-refractivity contribution in [2.45, 2.75) is 18.5 Å². The van der Waals surface area contributed by atoms with E-state index < -0.39 is 21.4 Å². The van der Waals surface area contributed by atoms with Crippen molar-refractivity contribution in [2.24, 2.45) is 0 Å². The Kier molecular flexibility index (Phi) is 3.25. The first kappa shape index (κ1) is 13.8. The number of hydrogen-bond acceptors (Lipinski definition) is 5. The largest absolute Gasteiger partial charge is 0.534 e. The van der Waals surface area contributed by atoms with E-state index in [1.807, 2.05) is 0 Å². The minimum absolute atomic E-state index is 0.133. The monoisotopic (exact) mass is 298 g/mol. The van der Waals surface area contributed by atoms with Crippen molar-refractivity contribution in [3.63, 3.8) is 0 Å². The third-order valence-corrected chi connectivity index (χ3v) is 3.19. The molecule has 0 aromatic heterocycles. The lowest BCUT2D eigenvalue weighted by Crippen LogP contribution is -2.28. The summed E-state index contributed by atoms with van der Waals surface area (Å²) < 4.78 is 72.6. The van der Waals surface area contributed by atoms with Crippen molar-refractivity contribution in [1.29, 1.82) is 0 Å². The fraction of sp³-hybridized carbons (Fsp3) is 0.400. The van der Waals surface area contributed by atoms with Gasteiger partial charge >= 0.3 is 15.6 Å². The Morgan fingerprint density at radius 2 is 2.00 bits per heavy atom. The molecule has 5 nitrogen and oxygen atoms in total. The molecule has 1 aromatic rings. The van der Waals surface area contributed by atoms with Crippen molar-refractivity contribution in [2.75, 3.05) is 6.61 Å². The molecule has 0 radical (unpaired) electrons. The van der Waals surface area contributed by atoms with Gasteiger partial charge < -0.3 is 13.7 Å². The molecule has 1 aliphatic rings. The first-order valence-corrected chi connectivity index (χ1v) is 6.54. The van der Waals surface area contributed by atoms with Crippen LogP contribution in [-0.2, 0) is 10.1 Å². The van der Waals surface area contributed by atoms with Gasteiger partial charge in [0.05, 0.1) is 0 Å². The zero-order valence-electron chi connectivity index (χ0n) is 9.60. The predicted octanol–water partition coefficient (Wildman–Crippen LogP) is 2.07. The number of ether oxygens (including phenoxy) is 2. The van der Waals surface area contributed by atoms with Gasteiger partial charge in [-0.25, -0.2) is 0 Å². The summed E-state index contributed by atoms with van der Waals surface area (Å²) in [5.41, 5.74) is -5.48. The Morgan fingerprint density at radius 1 is 1.32 bits per heavy atom. The highest BCUT2D eigenvalue weighted by Crippen LogP contribution is 2.36. The van der Waals surface area contributed by atoms with E-state index >= 15 is 0 Å². The van der Waals surface area contributed by atoms with Crippen LogP contribution in [0, 0.1) is 0 Å². The summed E-state index contributed by atoms with van der Waals surface area (Å²) in [6, 6.07) is 3.37. The zero-order chi connectivity index (χ0) is 14.3. The summed E-state index contributed by atoms with van der Waals surface area (Å²) in [6.45, 7) is 2.00. The number of benzene rings is 1. The van der Waals surface area contributed by atoms with Crippen molar-refractivity contribution in [1.82, 2.24) is 0 Å². The normalized spacial score (nSPS) is 19.1. The van der Waals surface area contributed by atoms with Crippen molar-refractivity contribution in [3.8, 4) is 17.2 Å². The highest BCUT2D eigenvalue weighted by Gasteiger charge is 2.48. The fourth-order valence-electron chi connectivity index (χ4n) is 1.38. The van der Waals surface area contributed by atoms with E-state index in [-0.39, 0.29) is 11.9 Å². The summed E-state index contributed by atoms with van der Waals surface area (Å²) in [5, 5.41) is 0. The minimum Gasteiger partial charge on any atom is -0.486 e. The minimum atomic E-state index is -5.69. The summed E-state index contributed by atoms with van der Waals surface area (Å²) in [7, 11) is -5.69. The van der Waals surface area contributed by atoms with Gasteiger partial charge in [0.25, 0.3) is 0 Å². The summed E-state index contributed by atoms with van der Waals surface area (Å²) >= 11 is 0. The lowest BCUT2D eigenvalue weighted by molar-refractivity contribution is -0.0500. The second kappa shape index (κ2) is 4.48. The highest BCUT2D eigenvalue weighted by atomic mass is 32.2. The number of rotatable bonds is 2. The van der Waals surface area contributed by atoms with E-state index in [0.29, 0.717) is 12.4 Å². The molecule has 0 saturated carbocycles. The molecule has 2 rings (SSSR count). The van der Waals surface area contributed by atoms with Crippen LogP contribution in [0.15, 0.2) is 18.2 Å². The van der Waals surface area contributed by atoms with Gasteiger partial charge in [0.15, 0.2) is 11.5 Å². The molecular weight excluding hydrogens is 289 g/mol. The molecule has 1 aromatic carbocycles. The number of alkyl halides is 3. The molecule has 0 fully saturated rings. The zero-order valence-corrected chi connectivity index (χ0v) is 10.4. The molecule has 1 aliphatic heterocycles. The Balaban J connectivity index is 2.26. The van der Waals surface area contributed by atoms with Crippen LogP contribution in [0.3, 0.4) is 0 Å². The summed E-state index contributed by atoms with van der Waals surface area (Å²) in [6.07, 6.45) is -0.290. The van der Waals surface area contributed by atoms with Gasteiger partial charge in [-0.3, -0.25) is 0 Å². The average molecular weight is 298 g/mol. The van der Waals surface area contributed by atoms with Crippen LogP contribution in [0.5, 0.6) is 17.2 Å². The number of fused-ring (bicyclic) bond motifs is 1. The van der Waals surface area contributed by atoms with Crippen LogP contribution in [0.4, 0.5) is 13.2 Å². The molecular formula is C10H9F3O5S. The fourth-order valence-corrected chi connectivity index (χ4v) is 1.83. The van der Waals surface area contributed by atoms with Crippen molar-refractivity contribution in [3.05, 3.63) is 18.2 Å². The number of hydrogen-bond donors (Lipinski definition) is 0. The van der Waals surface area contributed by atoms with Crippen molar-refractivity contribution < 1.29 is 35.2 Å². The van der Waals surface area contributed by atoms with E-state index in [0.717, 1.165) is 12.1 Å². The molecule has 0 amide bonds. The van der Waals surface area contributed by atoms with E-state index in [1.54, 1.807) is 6.92 Å². The lowest BCUT2D eigenvalue weighted by atomic mass is 10.2. The molecule has 1 atom stereocenters. The second-order valence-corrected chi connectivity index (χ2v) is 5.37. The van der Waals surface area contributed by atoms with Crippen LogP contribution in [-0.4, -0.2) is 26.6 Å². The predicted molar refractivity (Wildman–Crippen MR) is 57.6 cm³/mol. The quantitative estimate of drug-likeness (QED) is 0.618. The van der Waals surface area contributed by atoms with Gasteiger partial charge in [0, 0.05) is 6.07 Å². The maximum Gasteiger partial charge on any atom is 0.534 e. The van der Waals surface area contributed by atoms with Crippen LogP contribution in [0.1, 0.15) is 6.92 Å². The molecule has 0 saturated heterocycles. The van der Waals surface area contributed by atoms with Crippen LogP contribution < -0.4 is 13.7 Å². The Hall–Kier alpha value is -1.64. The molecule has 0 spiro atoms. The molecule has 106 valence electrons. The van der Waals surface area contributed by atoms with Crippen molar-refractivity contribution >= 4 is 10.1 Å². The molecule has 19 heavy (non-hydrogen) atoms. The van der Waals surface area contributed by atoms with E-state index in [9.17, 15) is 21.6 Å². The first-order chi connectivity index (χ1) is 8.69. The molecule has 0 aliphatic carbocycles. The second-order valence-electron chi connectivity index (χ2n) is 3.83. The van der Waals surface area contributed by atoms with E-state index in [2.05, 4.69) is 4.18 Å². The lowest BCUT2D eigenvalue weighted by Gasteiger charge is -2.24. The van der Waals surface area contributed by atoms with Gasteiger partial charge in [-0.1, -0.05) is 0 Å². The molecule has 0 bridgehead atoms. The standard InChI is InChI=1S/C10H9F3O5S/c1-6-5-16-8-3-2-7(4-9(8)17-6)18-19(14,15)10(11,12)13/h2-4,6H,5H2,1H3. The van der Waals surface area contributed by atoms with Gasteiger partial charge in [-0.2, -0.15) is 21.6 Å². The SMILES string of the molecule is CC1COc2ccc(OS(=O)(=O)C(F)(F)F)cc2O1. The Labute approximate surface area is 107 Å². The summed E-state index contributed by atoms with van der Waals surface area (Å²) in [5.74, 6) is -0.0442. The van der Waals surface area contributed by atoms with E-state index in [4.69, 9.17) is 9.47 Å². The highest BCUT2D eigenvalue weighted by molar-refractivity contribution is 7.87. The maximum absolute atomic E-state index is 12.2. The third-order valence-electron chi connectivity index (χ3n) is 2.21. The molecule has 0 N–H and O–H groups in total. The van der Waals surface area contributed by atoms with E-state index in [1.165, 1.54) is 6.07 Å². The van der Waals surface area contributed by atoms with Crippen LogP contribution in [0.25, 0.3) is 0 Å². The molecule has 1 unspecified atom stereocenters. The smallest absolute Gasteiger partial charge is 0.486 e. The van der Waals surface area contributed by atoms with Gasteiger partial charge in [0.2, 0.25) is 0 Å². The van der Waals surface area contributed by atoms with Gasteiger partial charge in [-0.05, 0) is 19.1 Å². The summed E-state index contributed by atoms with van der Waals surface area (Å²) in [4.78, 5) is 0. The average Bonchev–Trinajstić information content (AvgIpc) is 2.26. The topological polar surface area (TPSA) is 61.8 Å². The number of halogens is 3. The first-order valence-electron chi connectivity index (χ1n) is 5.13. The van der Waals surface area contributed by atoms with Crippen LogP contribution >= 0.6 is 0 Å². The van der Waals surface area contributed by atoms with Crippen LogP contribution in [0.2, 0.25) is 0 Å². The molecule has 9 heteroatoms. The van der Waals surface area contributed by atoms with Gasteiger partial charge in [-0.15, -0.1) is 0 Å².